The molecule has 1 amide bonds. The number of hydrogen-bond acceptors (Lipinski definition) is 4. The summed E-state index contributed by atoms with van der Waals surface area (Å²) in [5, 5.41) is 0.957. The molecule has 1 saturated heterocycles. The lowest BCUT2D eigenvalue weighted by Gasteiger charge is -2.34. The summed E-state index contributed by atoms with van der Waals surface area (Å²) in [6, 6.07) is 7.52. The number of amides is 1. The molecule has 1 aliphatic heterocycles. The maximum Gasteiger partial charge on any atom is 0.254 e. The molecule has 0 aliphatic carbocycles. The standard InChI is InChI=1S/C20H19F2N3OS/c1-12-9-13(2)18-17(10-12)23-20(27-18)25-7-5-24(6-8-25)19(26)14-3-4-15(21)16(22)11-14/h3-4,9-11H,5-8H2,1-2H3. The molecule has 0 bridgehead atoms. The minimum atomic E-state index is -1.00. The van der Waals surface area contributed by atoms with Crippen LogP contribution in [-0.4, -0.2) is 42.0 Å². The van der Waals surface area contributed by atoms with Crippen molar-refractivity contribution >= 4 is 32.6 Å². The summed E-state index contributed by atoms with van der Waals surface area (Å²) in [5.74, 6) is -2.22. The zero-order valence-electron chi connectivity index (χ0n) is 15.1. The van der Waals surface area contributed by atoms with Gasteiger partial charge in [0.25, 0.3) is 5.91 Å². The summed E-state index contributed by atoms with van der Waals surface area (Å²) in [6.45, 7) is 6.52. The monoisotopic (exact) mass is 387 g/mol. The highest BCUT2D eigenvalue weighted by atomic mass is 32.1. The highest BCUT2D eigenvalue weighted by molar-refractivity contribution is 7.22. The number of carbonyl (C=O) groups excluding carboxylic acids is 1. The van der Waals surface area contributed by atoms with Gasteiger partial charge in [0.2, 0.25) is 0 Å². The Bertz CT molecular complexity index is 1030. The van der Waals surface area contributed by atoms with E-state index >= 15 is 0 Å². The van der Waals surface area contributed by atoms with Gasteiger partial charge in [0.05, 0.1) is 10.2 Å². The molecule has 0 spiro atoms. The molecule has 4 rings (SSSR count). The molecule has 1 aromatic heterocycles. The van der Waals surface area contributed by atoms with E-state index in [0.717, 1.165) is 22.8 Å². The summed E-state index contributed by atoms with van der Waals surface area (Å²) in [6.07, 6.45) is 0. The number of piperazine rings is 1. The van der Waals surface area contributed by atoms with Crippen LogP contribution in [0.1, 0.15) is 21.5 Å². The number of aryl methyl sites for hydroxylation is 2. The van der Waals surface area contributed by atoms with Gasteiger partial charge in [-0.05, 0) is 49.2 Å². The fraction of sp³-hybridized carbons (Fsp3) is 0.300. The van der Waals surface area contributed by atoms with Gasteiger partial charge in [0.1, 0.15) is 0 Å². The van der Waals surface area contributed by atoms with Gasteiger partial charge in [-0.15, -0.1) is 0 Å². The second kappa shape index (κ2) is 6.88. The van der Waals surface area contributed by atoms with Crippen molar-refractivity contribution in [3.8, 4) is 0 Å². The first-order valence-electron chi connectivity index (χ1n) is 8.79. The molecule has 1 aliphatic rings. The summed E-state index contributed by atoms with van der Waals surface area (Å²) >= 11 is 1.67. The van der Waals surface area contributed by atoms with E-state index in [-0.39, 0.29) is 11.5 Å². The lowest BCUT2D eigenvalue weighted by atomic mass is 10.1. The van der Waals surface area contributed by atoms with Crippen molar-refractivity contribution in [2.45, 2.75) is 13.8 Å². The van der Waals surface area contributed by atoms with E-state index in [4.69, 9.17) is 4.98 Å². The van der Waals surface area contributed by atoms with Gasteiger partial charge in [-0.25, -0.2) is 13.8 Å². The first-order chi connectivity index (χ1) is 12.9. The van der Waals surface area contributed by atoms with Crippen molar-refractivity contribution in [3.63, 3.8) is 0 Å². The van der Waals surface area contributed by atoms with Crippen molar-refractivity contribution in [1.82, 2.24) is 9.88 Å². The van der Waals surface area contributed by atoms with E-state index in [1.54, 1.807) is 16.2 Å². The molecule has 0 N–H and O–H groups in total. The predicted molar refractivity (Wildman–Crippen MR) is 104 cm³/mol. The highest BCUT2D eigenvalue weighted by Crippen LogP contribution is 2.32. The predicted octanol–water partition coefficient (Wildman–Crippen LogP) is 4.15. The molecule has 0 saturated carbocycles. The Morgan fingerprint density at radius 3 is 2.48 bits per heavy atom. The maximum absolute atomic E-state index is 13.4. The molecule has 4 nitrogen and oxygen atoms in total. The van der Waals surface area contributed by atoms with E-state index in [2.05, 4.69) is 30.9 Å². The van der Waals surface area contributed by atoms with Gasteiger partial charge >= 0.3 is 0 Å². The number of nitrogens with zero attached hydrogens (tertiary/aromatic N) is 3. The van der Waals surface area contributed by atoms with Gasteiger partial charge < -0.3 is 9.80 Å². The maximum atomic E-state index is 13.4. The Kier molecular flexibility index (Phi) is 4.55. The van der Waals surface area contributed by atoms with Crippen LogP contribution in [0.25, 0.3) is 10.2 Å². The van der Waals surface area contributed by atoms with Gasteiger partial charge in [-0.3, -0.25) is 4.79 Å². The normalized spacial score (nSPS) is 14.8. The van der Waals surface area contributed by atoms with Crippen LogP contribution in [0.2, 0.25) is 0 Å². The van der Waals surface area contributed by atoms with Crippen LogP contribution in [0.15, 0.2) is 30.3 Å². The molecular formula is C20H19F2N3OS. The molecule has 27 heavy (non-hydrogen) atoms. The Morgan fingerprint density at radius 2 is 1.78 bits per heavy atom. The first-order valence-corrected chi connectivity index (χ1v) is 9.61. The summed E-state index contributed by atoms with van der Waals surface area (Å²) in [5.41, 5.74) is 3.60. The van der Waals surface area contributed by atoms with Crippen molar-refractivity contribution in [3.05, 3.63) is 58.7 Å². The van der Waals surface area contributed by atoms with Gasteiger partial charge in [-0.1, -0.05) is 17.4 Å². The minimum absolute atomic E-state index is 0.174. The molecular weight excluding hydrogens is 368 g/mol. The number of carbonyl (C=O) groups is 1. The number of halogens is 2. The molecule has 2 aromatic carbocycles. The third-order valence-electron chi connectivity index (χ3n) is 4.81. The Balaban J connectivity index is 1.48. The Labute approximate surface area is 160 Å². The van der Waals surface area contributed by atoms with Crippen LogP contribution in [0.3, 0.4) is 0 Å². The SMILES string of the molecule is Cc1cc(C)c2sc(N3CCN(C(=O)c4ccc(F)c(F)c4)CC3)nc2c1. The molecule has 1 fully saturated rings. The molecule has 0 radical (unpaired) electrons. The minimum Gasteiger partial charge on any atom is -0.345 e. The Morgan fingerprint density at radius 1 is 1.04 bits per heavy atom. The van der Waals surface area contributed by atoms with Crippen LogP contribution in [0.4, 0.5) is 13.9 Å². The van der Waals surface area contributed by atoms with Crippen LogP contribution in [-0.2, 0) is 0 Å². The summed E-state index contributed by atoms with van der Waals surface area (Å²) in [4.78, 5) is 21.1. The number of benzene rings is 2. The van der Waals surface area contributed by atoms with Crippen molar-refractivity contribution < 1.29 is 13.6 Å². The average molecular weight is 387 g/mol. The van der Waals surface area contributed by atoms with Gasteiger partial charge in [0.15, 0.2) is 16.8 Å². The largest absolute Gasteiger partial charge is 0.345 e. The van der Waals surface area contributed by atoms with E-state index in [0.29, 0.717) is 26.2 Å². The Hall–Kier alpha value is -2.54. The third-order valence-corrected chi connectivity index (χ3v) is 6.08. The highest BCUT2D eigenvalue weighted by Gasteiger charge is 2.24. The topological polar surface area (TPSA) is 36.4 Å². The zero-order valence-corrected chi connectivity index (χ0v) is 15.9. The van der Waals surface area contributed by atoms with E-state index in [1.807, 2.05) is 0 Å². The second-order valence-corrected chi connectivity index (χ2v) is 7.81. The van der Waals surface area contributed by atoms with Crippen LogP contribution in [0.5, 0.6) is 0 Å². The average Bonchev–Trinajstić information content (AvgIpc) is 3.08. The molecule has 2 heterocycles. The smallest absolute Gasteiger partial charge is 0.254 e. The molecule has 0 unspecified atom stereocenters. The van der Waals surface area contributed by atoms with E-state index in [1.165, 1.54) is 21.9 Å². The van der Waals surface area contributed by atoms with Crippen LogP contribution >= 0.6 is 11.3 Å². The zero-order chi connectivity index (χ0) is 19.1. The molecule has 140 valence electrons. The number of anilines is 1. The fourth-order valence-corrected chi connectivity index (χ4v) is 4.48. The number of aromatic nitrogens is 1. The van der Waals surface area contributed by atoms with Crippen molar-refractivity contribution in [2.24, 2.45) is 0 Å². The number of fused-ring (bicyclic) bond motifs is 1. The summed E-state index contributed by atoms with van der Waals surface area (Å²) < 4.78 is 27.7. The lowest BCUT2D eigenvalue weighted by molar-refractivity contribution is 0.0746. The van der Waals surface area contributed by atoms with E-state index < -0.39 is 11.6 Å². The van der Waals surface area contributed by atoms with Crippen molar-refractivity contribution in [1.29, 1.82) is 0 Å². The van der Waals surface area contributed by atoms with Crippen LogP contribution < -0.4 is 4.90 Å². The summed E-state index contributed by atoms with van der Waals surface area (Å²) in [7, 11) is 0. The first kappa shape index (κ1) is 17.9. The van der Waals surface area contributed by atoms with Crippen LogP contribution in [0, 0.1) is 25.5 Å². The van der Waals surface area contributed by atoms with E-state index in [9.17, 15) is 13.6 Å². The molecule has 7 heteroatoms. The second-order valence-electron chi connectivity index (χ2n) is 6.83. The number of hydrogen-bond donors (Lipinski definition) is 0. The molecule has 0 atom stereocenters. The number of thiazole rings is 1. The quantitative estimate of drug-likeness (QED) is 0.663. The third kappa shape index (κ3) is 3.39. The van der Waals surface area contributed by atoms with Crippen molar-refractivity contribution in [2.75, 3.05) is 31.1 Å². The fourth-order valence-electron chi connectivity index (χ4n) is 3.41. The number of rotatable bonds is 2. The van der Waals surface area contributed by atoms with Gasteiger partial charge in [-0.2, -0.15) is 0 Å². The van der Waals surface area contributed by atoms with Gasteiger partial charge in [0, 0.05) is 31.7 Å². The molecule has 3 aromatic rings. The lowest BCUT2D eigenvalue weighted by Crippen LogP contribution is -2.48.